The molecule has 4 nitrogen and oxygen atoms in total. The smallest absolute Gasteiger partial charge is 0.328 e. The molecule has 1 aromatic carbocycles. The minimum atomic E-state index is -0.564. The van der Waals surface area contributed by atoms with Gasteiger partial charge in [-0.25, -0.2) is 9.18 Å². The standard InChI is InChI=1S/C14H15BrFNO3/c1-8(9-3-4-11(16)10(15)7-9)17-12(14(19)20-2)5-6-13(17)18/h3-4,7-8,12H,5-6H2,1-2H3. The van der Waals surface area contributed by atoms with E-state index < -0.39 is 12.0 Å². The molecule has 20 heavy (non-hydrogen) atoms. The van der Waals surface area contributed by atoms with E-state index in [1.807, 2.05) is 6.92 Å². The Morgan fingerprint density at radius 1 is 1.55 bits per heavy atom. The number of ether oxygens (including phenoxy) is 1. The van der Waals surface area contributed by atoms with Crippen LogP contribution in [0.15, 0.2) is 22.7 Å². The summed E-state index contributed by atoms with van der Waals surface area (Å²) in [5.41, 5.74) is 0.766. The lowest BCUT2D eigenvalue weighted by molar-refractivity contribution is -0.150. The third-order valence-electron chi connectivity index (χ3n) is 3.57. The maximum absolute atomic E-state index is 13.3. The number of rotatable bonds is 3. The van der Waals surface area contributed by atoms with Gasteiger partial charge in [0.05, 0.1) is 17.6 Å². The average molecular weight is 344 g/mol. The number of esters is 1. The summed E-state index contributed by atoms with van der Waals surface area (Å²) in [5.74, 6) is -0.865. The van der Waals surface area contributed by atoms with Crippen LogP contribution in [0, 0.1) is 5.82 Å². The molecule has 1 heterocycles. The summed E-state index contributed by atoms with van der Waals surface area (Å²) in [6.07, 6.45) is 0.782. The van der Waals surface area contributed by atoms with Crippen LogP contribution in [-0.2, 0) is 14.3 Å². The van der Waals surface area contributed by atoms with E-state index in [4.69, 9.17) is 4.74 Å². The predicted molar refractivity (Wildman–Crippen MR) is 74.4 cm³/mol. The van der Waals surface area contributed by atoms with Crippen molar-refractivity contribution >= 4 is 27.8 Å². The molecule has 0 saturated carbocycles. The Bertz CT molecular complexity index is 549. The Hall–Kier alpha value is -1.43. The normalized spacial score (nSPS) is 20.1. The van der Waals surface area contributed by atoms with Crippen LogP contribution in [0.1, 0.15) is 31.4 Å². The molecule has 2 atom stereocenters. The summed E-state index contributed by atoms with van der Waals surface area (Å²) in [7, 11) is 1.31. The lowest BCUT2D eigenvalue weighted by atomic mass is 10.1. The first-order valence-electron chi connectivity index (χ1n) is 6.29. The summed E-state index contributed by atoms with van der Waals surface area (Å²) in [6, 6.07) is 3.70. The quantitative estimate of drug-likeness (QED) is 0.793. The van der Waals surface area contributed by atoms with Gasteiger partial charge in [0.25, 0.3) is 0 Å². The summed E-state index contributed by atoms with van der Waals surface area (Å²) >= 11 is 3.13. The number of hydrogen-bond acceptors (Lipinski definition) is 3. The number of halogens is 2. The van der Waals surface area contributed by atoms with Gasteiger partial charge in [-0.2, -0.15) is 0 Å². The molecule has 0 N–H and O–H groups in total. The van der Waals surface area contributed by atoms with Crippen LogP contribution >= 0.6 is 15.9 Å². The van der Waals surface area contributed by atoms with Gasteiger partial charge in [0, 0.05) is 6.42 Å². The molecule has 6 heteroatoms. The van der Waals surface area contributed by atoms with Gasteiger partial charge in [-0.1, -0.05) is 6.07 Å². The molecule has 1 aromatic rings. The first kappa shape index (κ1) is 15.0. The fourth-order valence-corrected chi connectivity index (χ4v) is 2.88. The summed E-state index contributed by atoms with van der Waals surface area (Å²) in [4.78, 5) is 25.3. The SMILES string of the molecule is COC(=O)C1CCC(=O)N1C(C)c1ccc(F)c(Br)c1. The van der Waals surface area contributed by atoms with Crippen LogP contribution in [0.5, 0.6) is 0 Å². The third-order valence-corrected chi connectivity index (χ3v) is 4.18. The molecular weight excluding hydrogens is 329 g/mol. The number of benzene rings is 1. The number of carbonyl (C=O) groups excluding carboxylic acids is 2. The van der Waals surface area contributed by atoms with Crippen LogP contribution in [0.4, 0.5) is 4.39 Å². The molecule has 1 amide bonds. The van der Waals surface area contributed by atoms with E-state index in [2.05, 4.69) is 15.9 Å². The number of nitrogens with zero attached hydrogens (tertiary/aromatic N) is 1. The van der Waals surface area contributed by atoms with Crippen molar-refractivity contribution in [3.05, 3.63) is 34.1 Å². The highest BCUT2D eigenvalue weighted by Crippen LogP contribution is 2.32. The molecule has 0 aromatic heterocycles. The van der Waals surface area contributed by atoms with E-state index in [0.717, 1.165) is 5.56 Å². The van der Waals surface area contributed by atoms with Gasteiger partial charge in [-0.15, -0.1) is 0 Å². The Labute approximate surface area is 125 Å². The van der Waals surface area contributed by atoms with E-state index in [1.165, 1.54) is 18.1 Å². The van der Waals surface area contributed by atoms with Crippen molar-refractivity contribution < 1.29 is 18.7 Å². The number of likely N-dealkylation sites (tertiary alicyclic amines) is 1. The lowest BCUT2D eigenvalue weighted by Gasteiger charge is -2.29. The summed E-state index contributed by atoms with van der Waals surface area (Å²) in [6.45, 7) is 1.82. The molecule has 2 unspecified atom stereocenters. The first-order valence-corrected chi connectivity index (χ1v) is 7.09. The maximum atomic E-state index is 13.3. The monoisotopic (exact) mass is 343 g/mol. The summed E-state index contributed by atoms with van der Waals surface area (Å²) < 4.78 is 18.3. The molecular formula is C14H15BrFNO3. The van der Waals surface area contributed by atoms with Crippen molar-refractivity contribution in [1.82, 2.24) is 4.90 Å². The molecule has 0 radical (unpaired) electrons. The molecule has 1 aliphatic rings. The van der Waals surface area contributed by atoms with Gasteiger partial charge in [0.1, 0.15) is 11.9 Å². The minimum absolute atomic E-state index is 0.0895. The fraction of sp³-hybridized carbons (Fsp3) is 0.429. The first-order chi connectivity index (χ1) is 9.45. The van der Waals surface area contributed by atoms with Gasteiger partial charge in [-0.05, 0) is 47.0 Å². The van der Waals surface area contributed by atoms with E-state index >= 15 is 0 Å². The van der Waals surface area contributed by atoms with Crippen LogP contribution in [-0.4, -0.2) is 29.9 Å². The third kappa shape index (κ3) is 2.70. The zero-order valence-corrected chi connectivity index (χ0v) is 12.8. The largest absolute Gasteiger partial charge is 0.467 e. The number of carbonyl (C=O) groups is 2. The topological polar surface area (TPSA) is 46.6 Å². The fourth-order valence-electron chi connectivity index (χ4n) is 2.49. The summed E-state index contributed by atoms with van der Waals surface area (Å²) in [5, 5.41) is 0. The van der Waals surface area contributed by atoms with E-state index in [9.17, 15) is 14.0 Å². The zero-order chi connectivity index (χ0) is 14.9. The Morgan fingerprint density at radius 2 is 2.25 bits per heavy atom. The highest BCUT2D eigenvalue weighted by atomic mass is 79.9. The zero-order valence-electron chi connectivity index (χ0n) is 11.2. The maximum Gasteiger partial charge on any atom is 0.328 e. The van der Waals surface area contributed by atoms with Crippen LogP contribution in [0.25, 0.3) is 0 Å². The minimum Gasteiger partial charge on any atom is -0.467 e. The van der Waals surface area contributed by atoms with E-state index in [-0.39, 0.29) is 17.8 Å². The van der Waals surface area contributed by atoms with Gasteiger partial charge in [0.2, 0.25) is 5.91 Å². The van der Waals surface area contributed by atoms with Crippen molar-refractivity contribution in [1.29, 1.82) is 0 Å². The van der Waals surface area contributed by atoms with E-state index in [0.29, 0.717) is 17.3 Å². The van der Waals surface area contributed by atoms with E-state index in [1.54, 1.807) is 12.1 Å². The van der Waals surface area contributed by atoms with Crippen molar-refractivity contribution in [3.8, 4) is 0 Å². The highest BCUT2D eigenvalue weighted by Gasteiger charge is 2.39. The highest BCUT2D eigenvalue weighted by molar-refractivity contribution is 9.10. The Kier molecular flexibility index (Phi) is 4.42. The van der Waals surface area contributed by atoms with Gasteiger partial charge >= 0.3 is 5.97 Å². The van der Waals surface area contributed by atoms with Crippen molar-refractivity contribution in [2.75, 3.05) is 7.11 Å². The van der Waals surface area contributed by atoms with Crippen LogP contribution < -0.4 is 0 Å². The Morgan fingerprint density at radius 3 is 2.85 bits per heavy atom. The molecule has 1 fully saturated rings. The van der Waals surface area contributed by atoms with Crippen molar-refractivity contribution in [3.63, 3.8) is 0 Å². The van der Waals surface area contributed by atoms with Crippen molar-refractivity contribution in [2.45, 2.75) is 31.8 Å². The predicted octanol–water partition coefficient (Wildman–Crippen LogP) is 2.81. The van der Waals surface area contributed by atoms with Crippen LogP contribution in [0.3, 0.4) is 0 Å². The molecule has 1 saturated heterocycles. The molecule has 2 rings (SSSR count). The Balaban J connectivity index is 2.29. The molecule has 0 aliphatic carbocycles. The second kappa shape index (κ2) is 5.91. The number of amides is 1. The second-order valence-corrected chi connectivity index (χ2v) is 5.58. The molecule has 0 bridgehead atoms. The number of methoxy groups -OCH3 is 1. The van der Waals surface area contributed by atoms with Crippen molar-refractivity contribution in [2.24, 2.45) is 0 Å². The van der Waals surface area contributed by atoms with Gasteiger partial charge in [0.15, 0.2) is 0 Å². The number of hydrogen-bond donors (Lipinski definition) is 0. The second-order valence-electron chi connectivity index (χ2n) is 4.73. The van der Waals surface area contributed by atoms with Crippen LogP contribution in [0.2, 0.25) is 0 Å². The molecule has 0 spiro atoms. The van der Waals surface area contributed by atoms with Gasteiger partial charge in [-0.3, -0.25) is 4.79 Å². The lowest BCUT2D eigenvalue weighted by Crippen LogP contribution is -2.40. The average Bonchev–Trinajstić information content (AvgIpc) is 2.82. The molecule has 108 valence electrons. The van der Waals surface area contributed by atoms with Gasteiger partial charge < -0.3 is 9.64 Å². The molecule has 1 aliphatic heterocycles.